The van der Waals surface area contributed by atoms with Gasteiger partial charge in [-0.2, -0.15) is 13.2 Å². The number of hydrogen-bond acceptors (Lipinski definition) is 0. The third-order valence-electron chi connectivity index (χ3n) is 6.79. The van der Waals surface area contributed by atoms with Gasteiger partial charge in [0.25, 0.3) is 0 Å². The minimum atomic E-state index is -3.98. The van der Waals surface area contributed by atoms with E-state index in [2.05, 4.69) is 19.1 Å². The van der Waals surface area contributed by atoms with E-state index < -0.39 is 12.1 Å². The molecule has 0 aromatic heterocycles. The SMILES string of the molecule is CCCC12C3C=CC(C3)C1C1CC(C(F)(F)F)C2C1. The Labute approximate surface area is 112 Å². The molecule has 7 unspecified atom stereocenters. The highest BCUT2D eigenvalue weighted by Gasteiger charge is 2.72. The second-order valence-corrected chi connectivity index (χ2v) is 7.27. The van der Waals surface area contributed by atoms with E-state index in [-0.39, 0.29) is 11.3 Å². The monoisotopic (exact) mass is 270 g/mol. The third kappa shape index (κ3) is 1.32. The van der Waals surface area contributed by atoms with Crippen LogP contribution in [0.3, 0.4) is 0 Å². The number of allylic oxidation sites excluding steroid dienone is 2. The van der Waals surface area contributed by atoms with Gasteiger partial charge in [-0.15, -0.1) is 0 Å². The maximum Gasteiger partial charge on any atom is 0.392 e. The lowest BCUT2D eigenvalue weighted by Gasteiger charge is -2.49. The lowest BCUT2D eigenvalue weighted by molar-refractivity contribution is -0.207. The minimum Gasteiger partial charge on any atom is -0.171 e. The molecule has 0 aliphatic heterocycles. The highest BCUT2D eigenvalue weighted by molar-refractivity contribution is 5.26. The molecule has 3 fully saturated rings. The zero-order valence-electron chi connectivity index (χ0n) is 11.3. The summed E-state index contributed by atoms with van der Waals surface area (Å²) in [5, 5.41) is 0. The highest BCUT2D eigenvalue weighted by Crippen LogP contribution is 2.76. The standard InChI is InChI=1S/C16H21F3/c1-2-5-15-11-4-3-9(6-11)14(15)10-7-12(15)13(8-10)16(17,18)19/h3-4,9-14H,2,5-8H2,1H3. The summed E-state index contributed by atoms with van der Waals surface area (Å²) in [6.45, 7) is 2.14. The van der Waals surface area contributed by atoms with Crippen molar-refractivity contribution in [2.45, 2.75) is 45.2 Å². The predicted octanol–water partition coefficient (Wildman–Crippen LogP) is 4.81. The Morgan fingerprint density at radius 2 is 1.95 bits per heavy atom. The van der Waals surface area contributed by atoms with E-state index >= 15 is 0 Å². The molecule has 7 atom stereocenters. The average molecular weight is 270 g/mol. The first-order valence-electron chi connectivity index (χ1n) is 7.73. The second kappa shape index (κ2) is 3.59. The zero-order valence-corrected chi connectivity index (χ0v) is 11.3. The number of halogens is 3. The summed E-state index contributed by atoms with van der Waals surface area (Å²) in [5.74, 6) is 0.882. The Balaban J connectivity index is 1.76. The van der Waals surface area contributed by atoms with E-state index in [4.69, 9.17) is 0 Å². The normalized spacial score (nSPS) is 54.1. The van der Waals surface area contributed by atoms with Crippen molar-refractivity contribution < 1.29 is 13.2 Å². The lowest BCUT2D eigenvalue weighted by Crippen LogP contribution is -2.46. The molecule has 0 saturated heterocycles. The van der Waals surface area contributed by atoms with Crippen LogP contribution >= 0.6 is 0 Å². The molecule has 0 heterocycles. The van der Waals surface area contributed by atoms with Crippen LogP contribution in [0.25, 0.3) is 0 Å². The molecule has 0 spiro atoms. The summed E-state index contributed by atoms with van der Waals surface area (Å²) in [6.07, 6.45) is 5.04. The van der Waals surface area contributed by atoms with Gasteiger partial charge in [-0.25, -0.2) is 0 Å². The van der Waals surface area contributed by atoms with Crippen LogP contribution < -0.4 is 0 Å². The molecule has 4 rings (SSSR count). The molecule has 0 radical (unpaired) electrons. The van der Waals surface area contributed by atoms with Crippen molar-refractivity contribution in [1.82, 2.24) is 0 Å². The Morgan fingerprint density at radius 3 is 2.63 bits per heavy atom. The number of rotatable bonds is 2. The van der Waals surface area contributed by atoms with Crippen molar-refractivity contribution in [1.29, 1.82) is 0 Å². The fraction of sp³-hybridized carbons (Fsp3) is 0.875. The predicted molar refractivity (Wildman–Crippen MR) is 67.3 cm³/mol. The number of fused-ring (bicyclic) bond motifs is 9. The van der Waals surface area contributed by atoms with Crippen molar-refractivity contribution in [3.63, 3.8) is 0 Å². The summed E-state index contributed by atoms with van der Waals surface area (Å²) in [6, 6.07) is 0. The van der Waals surface area contributed by atoms with Crippen molar-refractivity contribution in [3.8, 4) is 0 Å². The molecule has 0 N–H and O–H groups in total. The van der Waals surface area contributed by atoms with Gasteiger partial charge in [0.2, 0.25) is 0 Å². The fourth-order valence-corrected chi connectivity index (χ4v) is 6.64. The summed E-state index contributed by atoms with van der Waals surface area (Å²) in [5.41, 5.74) is 0.0112. The Bertz CT molecular complexity index is 424. The van der Waals surface area contributed by atoms with Crippen LogP contribution in [0.2, 0.25) is 0 Å². The zero-order chi connectivity index (χ0) is 13.4. The highest BCUT2D eigenvalue weighted by atomic mass is 19.4. The Morgan fingerprint density at radius 1 is 1.16 bits per heavy atom. The van der Waals surface area contributed by atoms with E-state index in [9.17, 15) is 13.2 Å². The number of alkyl halides is 3. The van der Waals surface area contributed by atoms with Gasteiger partial charge in [0.1, 0.15) is 0 Å². The molecule has 3 saturated carbocycles. The van der Waals surface area contributed by atoms with E-state index in [0.29, 0.717) is 30.1 Å². The molecule has 0 aromatic rings. The van der Waals surface area contributed by atoms with Crippen LogP contribution in [0.15, 0.2) is 12.2 Å². The van der Waals surface area contributed by atoms with Gasteiger partial charge in [0.05, 0.1) is 5.92 Å². The molecule has 4 bridgehead atoms. The molecule has 0 nitrogen and oxygen atoms in total. The Kier molecular flexibility index (Phi) is 2.32. The summed E-state index contributed by atoms with van der Waals surface area (Å²) >= 11 is 0. The largest absolute Gasteiger partial charge is 0.392 e. The first kappa shape index (κ1) is 12.3. The Hall–Kier alpha value is -0.470. The summed E-state index contributed by atoms with van der Waals surface area (Å²) < 4.78 is 39.9. The van der Waals surface area contributed by atoms with Crippen molar-refractivity contribution in [2.75, 3.05) is 0 Å². The van der Waals surface area contributed by atoms with Crippen LogP contribution in [0, 0.1) is 40.9 Å². The summed E-state index contributed by atoms with van der Waals surface area (Å²) in [7, 11) is 0. The minimum absolute atomic E-state index is 0.0112. The first-order chi connectivity index (χ1) is 8.98. The van der Waals surface area contributed by atoms with E-state index in [0.717, 1.165) is 25.7 Å². The first-order valence-corrected chi connectivity index (χ1v) is 7.73. The van der Waals surface area contributed by atoms with Crippen molar-refractivity contribution in [3.05, 3.63) is 12.2 Å². The molecule has 19 heavy (non-hydrogen) atoms. The van der Waals surface area contributed by atoms with Gasteiger partial charge in [0, 0.05) is 0 Å². The second-order valence-electron chi connectivity index (χ2n) is 7.27. The van der Waals surface area contributed by atoms with Crippen LogP contribution in [-0.2, 0) is 0 Å². The van der Waals surface area contributed by atoms with Crippen molar-refractivity contribution in [2.24, 2.45) is 40.9 Å². The smallest absolute Gasteiger partial charge is 0.171 e. The van der Waals surface area contributed by atoms with Crippen LogP contribution in [0.1, 0.15) is 39.0 Å². The molecular weight excluding hydrogens is 249 g/mol. The summed E-state index contributed by atoms with van der Waals surface area (Å²) in [4.78, 5) is 0. The van der Waals surface area contributed by atoms with Crippen LogP contribution in [0.5, 0.6) is 0 Å². The van der Waals surface area contributed by atoms with Crippen molar-refractivity contribution >= 4 is 0 Å². The van der Waals surface area contributed by atoms with Gasteiger partial charge in [0.15, 0.2) is 0 Å². The van der Waals surface area contributed by atoms with Gasteiger partial charge in [-0.05, 0) is 60.7 Å². The number of hydrogen-bond donors (Lipinski definition) is 0. The quantitative estimate of drug-likeness (QED) is 0.499. The molecule has 0 amide bonds. The van der Waals surface area contributed by atoms with Gasteiger partial charge >= 0.3 is 6.18 Å². The van der Waals surface area contributed by atoms with Gasteiger partial charge in [-0.3, -0.25) is 0 Å². The average Bonchev–Trinajstić information content (AvgIpc) is 3.05. The fourth-order valence-electron chi connectivity index (χ4n) is 6.64. The molecule has 3 heteroatoms. The lowest BCUT2D eigenvalue weighted by atomic mass is 9.56. The maximum atomic E-state index is 13.3. The molecule has 0 aromatic carbocycles. The van der Waals surface area contributed by atoms with Gasteiger partial charge in [-0.1, -0.05) is 25.5 Å². The topological polar surface area (TPSA) is 0 Å². The van der Waals surface area contributed by atoms with Crippen LogP contribution in [0.4, 0.5) is 13.2 Å². The molecular formula is C16H21F3. The van der Waals surface area contributed by atoms with Gasteiger partial charge < -0.3 is 0 Å². The third-order valence-corrected chi connectivity index (χ3v) is 6.79. The van der Waals surface area contributed by atoms with E-state index in [1.807, 2.05) is 0 Å². The molecule has 106 valence electrons. The molecule has 4 aliphatic carbocycles. The van der Waals surface area contributed by atoms with E-state index in [1.165, 1.54) is 0 Å². The molecule has 4 aliphatic rings. The maximum absolute atomic E-state index is 13.3. The van der Waals surface area contributed by atoms with E-state index in [1.54, 1.807) is 0 Å². The van der Waals surface area contributed by atoms with Crippen LogP contribution in [-0.4, -0.2) is 6.18 Å².